The van der Waals surface area contributed by atoms with Gasteiger partial charge in [0.15, 0.2) is 0 Å². The topological polar surface area (TPSA) is 29.1 Å². The molecule has 1 N–H and O–H groups in total. The van der Waals surface area contributed by atoms with E-state index in [0.29, 0.717) is 15.8 Å². The Labute approximate surface area is 97.2 Å². The smallest absolute Gasteiger partial charge is 0.261 e. The summed E-state index contributed by atoms with van der Waals surface area (Å²) < 4.78 is 0.619. The number of rotatable bonds is 4. The summed E-state index contributed by atoms with van der Waals surface area (Å²) in [5, 5.41) is 2.74. The van der Waals surface area contributed by atoms with Crippen molar-refractivity contribution in [1.82, 2.24) is 5.32 Å². The van der Waals surface area contributed by atoms with Crippen molar-refractivity contribution < 1.29 is 4.79 Å². The van der Waals surface area contributed by atoms with Crippen LogP contribution in [0.1, 0.15) is 23.0 Å². The summed E-state index contributed by atoms with van der Waals surface area (Å²) in [5.41, 5.74) is 0. The van der Waals surface area contributed by atoms with Crippen LogP contribution in [-0.4, -0.2) is 17.8 Å². The molecule has 0 bridgehead atoms. The molecule has 0 radical (unpaired) electrons. The highest BCUT2D eigenvalue weighted by atomic mass is 35.5. The van der Waals surface area contributed by atoms with Crippen LogP contribution in [-0.2, 0) is 0 Å². The van der Waals surface area contributed by atoms with E-state index in [9.17, 15) is 4.79 Å². The molecule has 1 rings (SSSR count). The van der Waals surface area contributed by atoms with Gasteiger partial charge in [0, 0.05) is 6.54 Å². The first kappa shape index (κ1) is 11.8. The second-order valence-corrected chi connectivity index (χ2v) is 5.15. The third-order valence-electron chi connectivity index (χ3n) is 1.72. The number of hydrogen-bond donors (Lipinski definition) is 1. The Hall–Kier alpha value is -0.250. The minimum atomic E-state index is -0.110. The van der Waals surface area contributed by atoms with Crippen molar-refractivity contribution in [2.24, 2.45) is 0 Å². The molecule has 1 unspecified atom stereocenters. The van der Waals surface area contributed by atoms with Crippen LogP contribution in [0.4, 0.5) is 0 Å². The molecule has 2 nitrogen and oxygen atoms in total. The molecule has 0 aliphatic rings. The van der Waals surface area contributed by atoms with Crippen LogP contribution in [0.2, 0.25) is 4.34 Å². The zero-order valence-electron chi connectivity index (χ0n) is 7.72. The molecule has 0 aliphatic carbocycles. The summed E-state index contributed by atoms with van der Waals surface area (Å²) in [5.74, 6) is -0.110. The van der Waals surface area contributed by atoms with E-state index in [1.807, 2.05) is 6.92 Å². The second kappa shape index (κ2) is 5.59. The molecule has 1 atom stereocenters. The number of thiophene rings is 1. The van der Waals surface area contributed by atoms with Crippen LogP contribution in [0.3, 0.4) is 0 Å². The maximum atomic E-state index is 11.5. The van der Waals surface area contributed by atoms with Crippen LogP contribution >= 0.6 is 34.5 Å². The zero-order valence-corrected chi connectivity index (χ0v) is 10.0. The fourth-order valence-corrected chi connectivity index (χ4v) is 1.91. The average molecular weight is 252 g/mol. The van der Waals surface area contributed by atoms with Crippen molar-refractivity contribution in [2.75, 3.05) is 6.54 Å². The molecular weight excluding hydrogens is 241 g/mol. The summed E-state index contributed by atoms with van der Waals surface area (Å²) >= 11 is 12.8. The molecule has 5 heteroatoms. The summed E-state index contributed by atoms with van der Waals surface area (Å²) in [4.78, 5) is 12.1. The van der Waals surface area contributed by atoms with Crippen molar-refractivity contribution >= 4 is 40.4 Å². The lowest BCUT2D eigenvalue weighted by Gasteiger charge is -2.06. The predicted molar refractivity (Wildman–Crippen MR) is 61.6 cm³/mol. The van der Waals surface area contributed by atoms with Crippen molar-refractivity contribution in [3.8, 4) is 0 Å². The molecule has 1 heterocycles. The normalized spacial score (nSPS) is 12.5. The largest absolute Gasteiger partial charge is 0.350 e. The fraction of sp³-hybridized carbons (Fsp3) is 0.444. The maximum absolute atomic E-state index is 11.5. The maximum Gasteiger partial charge on any atom is 0.261 e. The van der Waals surface area contributed by atoms with Crippen LogP contribution in [0, 0.1) is 0 Å². The second-order valence-electron chi connectivity index (χ2n) is 2.82. The molecule has 1 amide bonds. The lowest BCUT2D eigenvalue weighted by atomic mass is 10.3. The number of halogens is 2. The first-order valence-electron chi connectivity index (χ1n) is 4.31. The van der Waals surface area contributed by atoms with Gasteiger partial charge in [0.25, 0.3) is 5.91 Å². The Morgan fingerprint density at radius 3 is 2.86 bits per heavy atom. The van der Waals surface area contributed by atoms with Gasteiger partial charge in [0.05, 0.1) is 14.6 Å². The SMILES string of the molecule is CCC(Cl)CNC(=O)c1ccc(Cl)s1. The van der Waals surface area contributed by atoms with Gasteiger partial charge in [-0.15, -0.1) is 22.9 Å². The highest BCUT2D eigenvalue weighted by Gasteiger charge is 2.09. The number of alkyl halides is 1. The summed E-state index contributed by atoms with van der Waals surface area (Å²) in [6.07, 6.45) is 0.840. The number of carbonyl (C=O) groups excluding carboxylic acids is 1. The van der Waals surface area contributed by atoms with E-state index in [1.165, 1.54) is 11.3 Å². The lowest BCUT2D eigenvalue weighted by molar-refractivity contribution is 0.0957. The van der Waals surface area contributed by atoms with Crippen molar-refractivity contribution in [3.05, 3.63) is 21.3 Å². The summed E-state index contributed by atoms with van der Waals surface area (Å²) in [6.45, 7) is 2.47. The molecule has 0 spiro atoms. The first-order valence-corrected chi connectivity index (χ1v) is 5.94. The van der Waals surface area contributed by atoms with E-state index in [4.69, 9.17) is 23.2 Å². The van der Waals surface area contributed by atoms with Crippen LogP contribution < -0.4 is 5.32 Å². The van der Waals surface area contributed by atoms with Crippen molar-refractivity contribution in [2.45, 2.75) is 18.7 Å². The van der Waals surface area contributed by atoms with Gasteiger partial charge >= 0.3 is 0 Å². The third-order valence-corrected chi connectivity index (χ3v) is 3.42. The minimum absolute atomic E-state index is 0.00520. The first-order chi connectivity index (χ1) is 6.63. The van der Waals surface area contributed by atoms with Gasteiger partial charge in [-0.05, 0) is 18.6 Å². The van der Waals surface area contributed by atoms with Gasteiger partial charge in [-0.1, -0.05) is 18.5 Å². The van der Waals surface area contributed by atoms with Crippen LogP contribution in [0.25, 0.3) is 0 Å². The van der Waals surface area contributed by atoms with Gasteiger partial charge in [0.2, 0.25) is 0 Å². The Balaban J connectivity index is 2.43. The molecule has 0 fully saturated rings. The standard InChI is InChI=1S/C9H11Cl2NOS/c1-2-6(10)5-12-9(13)7-3-4-8(11)14-7/h3-4,6H,2,5H2,1H3,(H,12,13). The highest BCUT2D eigenvalue weighted by Crippen LogP contribution is 2.21. The number of carbonyl (C=O) groups is 1. The van der Waals surface area contributed by atoms with E-state index in [2.05, 4.69) is 5.32 Å². The Bertz CT molecular complexity index is 314. The molecule has 0 saturated carbocycles. The molecule has 0 saturated heterocycles. The predicted octanol–water partition coefficient (Wildman–Crippen LogP) is 3.15. The molecular formula is C9H11Cl2NOS. The van der Waals surface area contributed by atoms with E-state index in [1.54, 1.807) is 12.1 Å². The quantitative estimate of drug-likeness (QED) is 0.819. The molecule has 78 valence electrons. The van der Waals surface area contributed by atoms with Gasteiger partial charge < -0.3 is 5.32 Å². The number of nitrogens with one attached hydrogen (secondary N) is 1. The van der Waals surface area contributed by atoms with E-state index in [0.717, 1.165) is 6.42 Å². The van der Waals surface area contributed by atoms with Crippen molar-refractivity contribution in [1.29, 1.82) is 0 Å². The van der Waals surface area contributed by atoms with Crippen molar-refractivity contribution in [3.63, 3.8) is 0 Å². The average Bonchev–Trinajstić information content (AvgIpc) is 2.60. The van der Waals surface area contributed by atoms with Crippen LogP contribution in [0.5, 0.6) is 0 Å². The third kappa shape index (κ3) is 3.48. The number of hydrogen-bond acceptors (Lipinski definition) is 2. The monoisotopic (exact) mass is 251 g/mol. The Kier molecular flexibility index (Phi) is 4.72. The Morgan fingerprint density at radius 2 is 2.36 bits per heavy atom. The van der Waals surface area contributed by atoms with Gasteiger partial charge in [-0.25, -0.2) is 0 Å². The molecule has 0 aromatic carbocycles. The van der Waals surface area contributed by atoms with Gasteiger partial charge in [-0.2, -0.15) is 0 Å². The molecule has 14 heavy (non-hydrogen) atoms. The van der Waals surface area contributed by atoms with E-state index in [-0.39, 0.29) is 11.3 Å². The lowest BCUT2D eigenvalue weighted by Crippen LogP contribution is -2.28. The van der Waals surface area contributed by atoms with Gasteiger partial charge in [0.1, 0.15) is 0 Å². The van der Waals surface area contributed by atoms with E-state index < -0.39 is 0 Å². The summed E-state index contributed by atoms with van der Waals surface area (Å²) in [7, 11) is 0. The van der Waals surface area contributed by atoms with E-state index >= 15 is 0 Å². The fourth-order valence-electron chi connectivity index (χ4n) is 0.871. The highest BCUT2D eigenvalue weighted by molar-refractivity contribution is 7.17. The minimum Gasteiger partial charge on any atom is -0.350 e. The zero-order chi connectivity index (χ0) is 10.6. The van der Waals surface area contributed by atoms with Gasteiger partial charge in [-0.3, -0.25) is 4.79 Å². The van der Waals surface area contributed by atoms with Crippen LogP contribution in [0.15, 0.2) is 12.1 Å². The summed E-state index contributed by atoms with van der Waals surface area (Å²) in [6, 6.07) is 3.41. The number of amides is 1. The molecule has 1 aromatic rings. The molecule has 0 aliphatic heterocycles. The Morgan fingerprint density at radius 1 is 1.64 bits per heavy atom. The molecule has 1 aromatic heterocycles.